The fraction of sp³-hybridized carbons (Fsp3) is 0.400. The van der Waals surface area contributed by atoms with Crippen LogP contribution in [-0.2, 0) is 4.74 Å². The van der Waals surface area contributed by atoms with E-state index in [0.29, 0.717) is 0 Å². The first-order chi connectivity index (χ1) is 6.95. The van der Waals surface area contributed by atoms with Gasteiger partial charge in [-0.05, 0) is 18.9 Å². The van der Waals surface area contributed by atoms with Crippen molar-refractivity contribution in [2.45, 2.75) is 18.9 Å². The lowest BCUT2D eigenvalue weighted by molar-refractivity contribution is 0.135. The second-order valence-corrected chi connectivity index (χ2v) is 3.18. The number of rotatable bonds is 3. The highest BCUT2D eigenvalue weighted by molar-refractivity contribution is 5.29. The van der Waals surface area contributed by atoms with Gasteiger partial charge in [0.2, 0.25) is 0 Å². The summed E-state index contributed by atoms with van der Waals surface area (Å²) in [7, 11) is 0. The first kappa shape index (κ1) is 8.99. The summed E-state index contributed by atoms with van der Waals surface area (Å²) in [5.74, 6) is 0.797. The van der Waals surface area contributed by atoms with Crippen LogP contribution in [0.1, 0.15) is 12.8 Å². The summed E-state index contributed by atoms with van der Waals surface area (Å²) in [5.41, 5.74) is 0. The van der Waals surface area contributed by atoms with Crippen LogP contribution in [0.15, 0.2) is 30.9 Å². The Morgan fingerprint density at radius 2 is 2.50 bits per heavy atom. The Morgan fingerprint density at radius 3 is 3.21 bits per heavy atom. The van der Waals surface area contributed by atoms with Gasteiger partial charge in [0, 0.05) is 12.4 Å². The molecule has 1 atom stereocenters. The number of ether oxygens (including phenoxy) is 1. The van der Waals surface area contributed by atoms with Gasteiger partial charge in [-0.2, -0.15) is 0 Å². The lowest BCUT2D eigenvalue weighted by Gasteiger charge is -2.19. The monoisotopic (exact) mass is 191 g/mol. The van der Waals surface area contributed by atoms with Crippen LogP contribution in [0.25, 0.3) is 0 Å². The lowest BCUT2D eigenvalue weighted by atomic mass is 10.1. The predicted octanol–water partition coefficient (Wildman–Crippen LogP) is 1.58. The Hall–Kier alpha value is -1.58. The van der Waals surface area contributed by atoms with Crippen molar-refractivity contribution >= 4 is 5.82 Å². The molecule has 1 aromatic rings. The minimum absolute atomic E-state index is 0.252. The highest BCUT2D eigenvalue weighted by atomic mass is 16.5. The Morgan fingerprint density at radius 1 is 1.50 bits per heavy atom. The Kier molecular flexibility index (Phi) is 2.95. The van der Waals surface area contributed by atoms with Crippen LogP contribution in [0.4, 0.5) is 5.82 Å². The molecule has 0 fully saturated rings. The van der Waals surface area contributed by atoms with Crippen LogP contribution in [0.5, 0.6) is 0 Å². The summed E-state index contributed by atoms with van der Waals surface area (Å²) in [6.07, 6.45) is 11.2. The molecule has 14 heavy (non-hydrogen) atoms. The molecule has 1 unspecified atom stereocenters. The fourth-order valence-electron chi connectivity index (χ4n) is 1.34. The molecule has 0 radical (unpaired) electrons. The van der Waals surface area contributed by atoms with Crippen LogP contribution in [-0.4, -0.2) is 22.6 Å². The van der Waals surface area contributed by atoms with E-state index in [9.17, 15) is 0 Å². The van der Waals surface area contributed by atoms with Gasteiger partial charge in [-0.15, -0.1) is 0 Å². The molecule has 0 aromatic carbocycles. The van der Waals surface area contributed by atoms with Gasteiger partial charge < -0.3 is 10.1 Å². The Bertz CT molecular complexity index is 299. The van der Waals surface area contributed by atoms with Crippen molar-refractivity contribution in [1.29, 1.82) is 0 Å². The maximum absolute atomic E-state index is 5.41. The zero-order chi connectivity index (χ0) is 9.64. The number of anilines is 1. The number of hydrogen-bond acceptors (Lipinski definition) is 4. The third-order valence-electron chi connectivity index (χ3n) is 2.10. The summed E-state index contributed by atoms with van der Waals surface area (Å²) in [6, 6.07) is 0. The Balaban J connectivity index is 1.80. The maximum atomic E-state index is 5.41. The summed E-state index contributed by atoms with van der Waals surface area (Å²) in [5, 5.41) is 3.18. The number of nitrogens with one attached hydrogen (secondary N) is 1. The predicted molar refractivity (Wildman–Crippen MR) is 53.8 cm³/mol. The van der Waals surface area contributed by atoms with E-state index in [1.54, 1.807) is 24.9 Å². The topological polar surface area (TPSA) is 47.0 Å². The Labute approximate surface area is 83.0 Å². The van der Waals surface area contributed by atoms with Crippen molar-refractivity contribution in [3.05, 3.63) is 30.9 Å². The van der Waals surface area contributed by atoms with Crippen molar-refractivity contribution in [3.8, 4) is 0 Å². The maximum Gasteiger partial charge on any atom is 0.144 e. The van der Waals surface area contributed by atoms with Crippen molar-refractivity contribution in [2.24, 2.45) is 0 Å². The van der Waals surface area contributed by atoms with Gasteiger partial charge in [-0.25, -0.2) is 4.98 Å². The van der Waals surface area contributed by atoms with Crippen LogP contribution in [0, 0.1) is 0 Å². The van der Waals surface area contributed by atoms with E-state index in [1.807, 2.05) is 6.08 Å². The highest BCUT2D eigenvalue weighted by Gasteiger charge is 2.10. The van der Waals surface area contributed by atoms with Crippen molar-refractivity contribution in [3.63, 3.8) is 0 Å². The van der Waals surface area contributed by atoms with Crippen LogP contribution in [0.2, 0.25) is 0 Å². The molecule has 0 saturated carbocycles. The second-order valence-electron chi connectivity index (χ2n) is 3.18. The van der Waals surface area contributed by atoms with Crippen LogP contribution in [0.3, 0.4) is 0 Å². The lowest BCUT2D eigenvalue weighted by Crippen LogP contribution is -2.23. The molecule has 1 N–H and O–H groups in total. The summed E-state index contributed by atoms with van der Waals surface area (Å²) >= 11 is 0. The van der Waals surface area contributed by atoms with Gasteiger partial charge in [-0.3, -0.25) is 4.98 Å². The molecule has 1 aromatic heterocycles. The normalized spacial score (nSPS) is 20.1. The summed E-state index contributed by atoms with van der Waals surface area (Å²) < 4.78 is 5.41. The van der Waals surface area contributed by atoms with Crippen LogP contribution < -0.4 is 5.32 Å². The molecule has 0 aliphatic carbocycles. The van der Waals surface area contributed by atoms with Gasteiger partial charge in [0.1, 0.15) is 11.9 Å². The van der Waals surface area contributed by atoms with E-state index in [-0.39, 0.29) is 6.10 Å². The molecule has 0 bridgehead atoms. The molecule has 2 heterocycles. The third-order valence-corrected chi connectivity index (χ3v) is 2.10. The average molecular weight is 191 g/mol. The molecule has 4 heteroatoms. The minimum Gasteiger partial charge on any atom is -0.497 e. The molecule has 0 amide bonds. The molecule has 0 saturated heterocycles. The standard InChI is InChI=1S/C10H13N3O/c1-2-6-14-9(3-1)7-13-10-8-11-4-5-12-10/h2,4-6,8-9H,1,3,7H2,(H,12,13). The minimum atomic E-state index is 0.252. The summed E-state index contributed by atoms with van der Waals surface area (Å²) in [4.78, 5) is 8.08. The largest absolute Gasteiger partial charge is 0.497 e. The molecule has 1 aliphatic heterocycles. The zero-order valence-electron chi connectivity index (χ0n) is 7.89. The van der Waals surface area contributed by atoms with E-state index >= 15 is 0 Å². The van der Waals surface area contributed by atoms with E-state index in [0.717, 1.165) is 25.2 Å². The number of allylic oxidation sites excluding steroid dienone is 1. The number of hydrogen-bond donors (Lipinski definition) is 1. The molecule has 0 spiro atoms. The zero-order valence-corrected chi connectivity index (χ0v) is 7.89. The molecule has 1 aliphatic rings. The average Bonchev–Trinajstić information content (AvgIpc) is 2.29. The van der Waals surface area contributed by atoms with Gasteiger partial charge >= 0.3 is 0 Å². The third kappa shape index (κ3) is 2.45. The van der Waals surface area contributed by atoms with Crippen LogP contribution >= 0.6 is 0 Å². The summed E-state index contributed by atoms with van der Waals surface area (Å²) in [6.45, 7) is 0.781. The van der Waals surface area contributed by atoms with Gasteiger partial charge in [0.15, 0.2) is 0 Å². The van der Waals surface area contributed by atoms with Gasteiger partial charge in [0.25, 0.3) is 0 Å². The van der Waals surface area contributed by atoms with E-state index in [2.05, 4.69) is 15.3 Å². The fourth-order valence-corrected chi connectivity index (χ4v) is 1.34. The smallest absolute Gasteiger partial charge is 0.144 e. The molecule has 4 nitrogen and oxygen atoms in total. The van der Waals surface area contributed by atoms with E-state index in [4.69, 9.17) is 4.74 Å². The molecular weight excluding hydrogens is 178 g/mol. The highest BCUT2D eigenvalue weighted by Crippen LogP contribution is 2.10. The van der Waals surface area contributed by atoms with Crippen molar-refractivity contribution in [1.82, 2.24) is 9.97 Å². The van der Waals surface area contributed by atoms with Gasteiger partial charge in [-0.1, -0.05) is 0 Å². The molecular formula is C10H13N3O. The molecule has 2 rings (SSSR count). The SMILES string of the molecule is C1=COC(CNc2cnccn2)CC1. The molecule has 74 valence electrons. The first-order valence-electron chi connectivity index (χ1n) is 4.75. The number of aromatic nitrogens is 2. The van der Waals surface area contributed by atoms with Gasteiger partial charge in [0.05, 0.1) is 19.0 Å². The number of nitrogens with zero attached hydrogens (tertiary/aromatic N) is 2. The quantitative estimate of drug-likeness (QED) is 0.788. The first-order valence-corrected chi connectivity index (χ1v) is 4.75. The second kappa shape index (κ2) is 4.60. The van der Waals surface area contributed by atoms with Crippen molar-refractivity contribution in [2.75, 3.05) is 11.9 Å². The van der Waals surface area contributed by atoms with E-state index < -0.39 is 0 Å². The van der Waals surface area contributed by atoms with Crippen molar-refractivity contribution < 1.29 is 4.74 Å². The van der Waals surface area contributed by atoms with E-state index in [1.165, 1.54) is 0 Å².